The van der Waals surface area contributed by atoms with Crippen molar-refractivity contribution in [3.05, 3.63) is 46.3 Å². The van der Waals surface area contributed by atoms with Gasteiger partial charge in [0.1, 0.15) is 17.3 Å². The standard InChI is InChI=1S/C32H45N5O7.BrH/c1-8-43-25-17-21-18-37(30(33)27(21)35-28(25)31(41)34-5)19-24(38)20-15-22(32(2,3)4)29(44-13-10-9-11-26(39)40)23(16-20)36(6)12-14-42-7;/h15-17,33H,8-14,18-19H2,1-7H3,(H,34,41)(H,39,40);1H. The minimum absolute atomic E-state index is 0. The summed E-state index contributed by atoms with van der Waals surface area (Å²) in [4.78, 5) is 45.3. The average Bonchev–Trinajstić information content (AvgIpc) is 3.27. The number of pyridine rings is 1. The summed E-state index contributed by atoms with van der Waals surface area (Å²) in [7, 11) is 5.04. The zero-order valence-electron chi connectivity index (χ0n) is 27.2. The van der Waals surface area contributed by atoms with E-state index in [1.807, 2.05) is 51.8 Å². The zero-order chi connectivity index (χ0) is 32.6. The lowest BCUT2D eigenvalue weighted by atomic mass is 9.84. The van der Waals surface area contributed by atoms with Crippen LogP contribution in [0.5, 0.6) is 11.5 Å². The zero-order valence-corrected chi connectivity index (χ0v) is 29.0. The minimum atomic E-state index is -0.838. The molecule has 0 radical (unpaired) electrons. The van der Waals surface area contributed by atoms with E-state index in [9.17, 15) is 14.4 Å². The van der Waals surface area contributed by atoms with Crippen molar-refractivity contribution in [2.45, 2.75) is 58.9 Å². The number of carbonyl (C=O) groups is 3. The number of unbranched alkanes of at least 4 members (excludes halogenated alkanes) is 1. The fourth-order valence-electron chi connectivity index (χ4n) is 4.91. The van der Waals surface area contributed by atoms with Gasteiger partial charge in [-0.05, 0) is 43.4 Å². The number of Topliss-reactive ketones (excluding diaryl/α,β-unsaturated/α-hetero) is 1. The number of benzene rings is 1. The maximum atomic E-state index is 13.8. The van der Waals surface area contributed by atoms with Crippen molar-refractivity contribution in [1.29, 1.82) is 5.41 Å². The molecule has 13 heteroatoms. The molecule has 0 bridgehead atoms. The maximum absolute atomic E-state index is 13.8. The first-order valence-electron chi connectivity index (χ1n) is 14.8. The van der Waals surface area contributed by atoms with Gasteiger partial charge in [-0.2, -0.15) is 0 Å². The fourth-order valence-corrected chi connectivity index (χ4v) is 4.91. The maximum Gasteiger partial charge on any atom is 0.303 e. The third-order valence-electron chi connectivity index (χ3n) is 7.32. The van der Waals surface area contributed by atoms with E-state index >= 15 is 0 Å². The van der Waals surface area contributed by atoms with E-state index in [0.717, 1.165) is 11.3 Å². The molecule has 0 saturated carbocycles. The van der Waals surface area contributed by atoms with Crippen LogP contribution in [0.1, 0.15) is 84.6 Å². The number of methoxy groups -OCH3 is 1. The van der Waals surface area contributed by atoms with E-state index in [1.54, 1.807) is 18.1 Å². The smallest absolute Gasteiger partial charge is 0.303 e. The SMILES string of the molecule is Br.CCOc1cc2c(nc1C(=O)NC)C(=N)N(CC(=O)c1cc(N(C)CCOC)c(OCCCCC(=O)O)c(C(C)(C)C)c1)C2. The number of hydrogen-bond acceptors (Lipinski definition) is 9. The third-order valence-corrected chi connectivity index (χ3v) is 7.32. The highest BCUT2D eigenvalue weighted by atomic mass is 79.9. The van der Waals surface area contributed by atoms with E-state index in [1.165, 1.54) is 7.05 Å². The molecule has 0 spiro atoms. The Kier molecular flexibility index (Phi) is 13.8. The molecular weight excluding hydrogens is 646 g/mol. The Labute approximate surface area is 275 Å². The molecule has 1 aliphatic rings. The van der Waals surface area contributed by atoms with Gasteiger partial charge < -0.3 is 34.4 Å². The highest BCUT2D eigenvalue weighted by Crippen LogP contribution is 2.40. The molecule has 0 atom stereocenters. The lowest BCUT2D eigenvalue weighted by Gasteiger charge is -2.30. The second-order valence-electron chi connectivity index (χ2n) is 11.7. The Morgan fingerprint density at radius 3 is 2.44 bits per heavy atom. The molecular formula is C32H46BrN5O7. The molecule has 0 unspecified atom stereocenters. The quantitative estimate of drug-likeness (QED) is 0.170. The molecule has 1 aromatic heterocycles. The van der Waals surface area contributed by atoms with E-state index in [0.29, 0.717) is 67.5 Å². The van der Waals surface area contributed by atoms with Gasteiger partial charge in [0, 0.05) is 57.4 Å². The summed E-state index contributed by atoms with van der Waals surface area (Å²) in [6.07, 6.45) is 1.16. The van der Waals surface area contributed by atoms with E-state index in [4.69, 9.17) is 24.7 Å². The van der Waals surface area contributed by atoms with Crippen LogP contribution in [-0.2, 0) is 21.5 Å². The van der Waals surface area contributed by atoms with Crippen LogP contribution in [0.25, 0.3) is 0 Å². The predicted octanol–water partition coefficient (Wildman–Crippen LogP) is 4.46. The molecule has 2 heterocycles. The number of carbonyl (C=O) groups excluding carboxylic acids is 2. The molecule has 1 amide bonds. The van der Waals surface area contributed by atoms with Gasteiger partial charge in [-0.3, -0.25) is 19.8 Å². The summed E-state index contributed by atoms with van der Waals surface area (Å²) in [6.45, 7) is 9.89. The molecule has 3 N–H and O–H groups in total. The van der Waals surface area contributed by atoms with Crippen LogP contribution in [0.4, 0.5) is 5.69 Å². The van der Waals surface area contributed by atoms with Crippen LogP contribution >= 0.6 is 17.0 Å². The van der Waals surface area contributed by atoms with E-state index in [-0.39, 0.29) is 59.2 Å². The number of amides is 1. The van der Waals surface area contributed by atoms with Gasteiger partial charge in [0.15, 0.2) is 17.2 Å². The number of rotatable bonds is 16. The van der Waals surface area contributed by atoms with E-state index in [2.05, 4.69) is 10.3 Å². The Bertz CT molecular complexity index is 1390. The monoisotopic (exact) mass is 691 g/mol. The first kappa shape index (κ1) is 37.5. The van der Waals surface area contributed by atoms with Gasteiger partial charge in [0.2, 0.25) is 0 Å². The summed E-state index contributed by atoms with van der Waals surface area (Å²) >= 11 is 0. The highest BCUT2D eigenvalue weighted by Gasteiger charge is 2.32. The first-order chi connectivity index (χ1) is 20.8. The van der Waals surface area contributed by atoms with Crippen molar-refractivity contribution in [3.8, 4) is 11.5 Å². The number of ketones is 1. The predicted molar refractivity (Wildman–Crippen MR) is 178 cm³/mol. The van der Waals surface area contributed by atoms with Crippen molar-refractivity contribution in [2.75, 3.05) is 59.0 Å². The number of anilines is 1. The van der Waals surface area contributed by atoms with Crippen LogP contribution in [-0.4, -0.2) is 92.6 Å². The van der Waals surface area contributed by atoms with Crippen LogP contribution in [0.2, 0.25) is 0 Å². The van der Waals surface area contributed by atoms with Crippen molar-refractivity contribution in [3.63, 3.8) is 0 Å². The Balaban J connectivity index is 0.00000705. The molecule has 0 aliphatic carbocycles. The molecule has 3 rings (SSSR count). The van der Waals surface area contributed by atoms with Crippen LogP contribution < -0.4 is 19.7 Å². The lowest BCUT2D eigenvalue weighted by molar-refractivity contribution is -0.137. The third kappa shape index (κ3) is 9.40. The Morgan fingerprint density at radius 2 is 1.84 bits per heavy atom. The number of aromatic nitrogens is 1. The number of hydrogen-bond donors (Lipinski definition) is 3. The van der Waals surface area contributed by atoms with Crippen LogP contribution in [0.15, 0.2) is 18.2 Å². The summed E-state index contributed by atoms with van der Waals surface area (Å²) < 4.78 is 17.2. The van der Waals surface area contributed by atoms with Crippen molar-refractivity contribution < 1.29 is 33.7 Å². The summed E-state index contributed by atoms with van der Waals surface area (Å²) in [5, 5.41) is 20.3. The van der Waals surface area contributed by atoms with Crippen molar-refractivity contribution in [2.24, 2.45) is 0 Å². The number of carboxylic acids is 1. The van der Waals surface area contributed by atoms with Gasteiger partial charge in [-0.1, -0.05) is 20.8 Å². The molecule has 45 heavy (non-hydrogen) atoms. The molecule has 1 aliphatic heterocycles. The Morgan fingerprint density at radius 1 is 1.13 bits per heavy atom. The van der Waals surface area contributed by atoms with Crippen molar-refractivity contribution in [1.82, 2.24) is 15.2 Å². The summed E-state index contributed by atoms with van der Waals surface area (Å²) in [5.41, 5.74) is 2.83. The number of fused-ring (bicyclic) bond motifs is 1. The number of nitrogens with zero attached hydrogens (tertiary/aromatic N) is 3. The fraction of sp³-hybridized carbons (Fsp3) is 0.531. The Hall–Kier alpha value is -3.71. The van der Waals surface area contributed by atoms with E-state index < -0.39 is 11.9 Å². The first-order valence-corrected chi connectivity index (χ1v) is 14.8. The normalized spacial score (nSPS) is 12.3. The largest absolute Gasteiger partial charge is 0.491 e. The summed E-state index contributed by atoms with van der Waals surface area (Å²) in [6, 6.07) is 5.38. The number of carboxylic acid groups (broad SMARTS) is 1. The van der Waals surface area contributed by atoms with Gasteiger partial charge in [-0.15, -0.1) is 17.0 Å². The van der Waals surface area contributed by atoms with Gasteiger partial charge in [0.25, 0.3) is 5.91 Å². The van der Waals surface area contributed by atoms with Gasteiger partial charge >= 0.3 is 5.97 Å². The number of ether oxygens (including phenoxy) is 3. The number of halogens is 1. The number of aliphatic carboxylic acids is 1. The minimum Gasteiger partial charge on any atom is -0.491 e. The molecule has 248 valence electrons. The summed E-state index contributed by atoms with van der Waals surface area (Å²) in [5.74, 6) is -0.379. The average molecular weight is 693 g/mol. The molecule has 0 fully saturated rings. The second-order valence-corrected chi connectivity index (χ2v) is 11.7. The highest BCUT2D eigenvalue weighted by molar-refractivity contribution is 8.93. The van der Waals surface area contributed by atoms with Gasteiger partial charge in [-0.25, -0.2) is 4.98 Å². The molecule has 12 nitrogen and oxygen atoms in total. The number of likely N-dealkylation sites (N-methyl/N-ethyl adjacent to an activating group) is 1. The van der Waals surface area contributed by atoms with Gasteiger partial charge in [0.05, 0.1) is 32.1 Å². The molecule has 2 aromatic rings. The topological polar surface area (TPSA) is 154 Å². The van der Waals surface area contributed by atoms with Crippen LogP contribution in [0, 0.1) is 5.41 Å². The van der Waals surface area contributed by atoms with Crippen LogP contribution in [0.3, 0.4) is 0 Å². The van der Waals surface area contributed by atoms with Crippen molar-refractivity contribution >= 4 is 46.2 Å². The lowest BCUT2D eigenvalue weighted by Crippen LogP contribution is -2.31. The number of nitrogens with one attached hydrogen (secondary N) is 2. The molecule has 1 aromatic carbocycles. The number of amidine groups is 1. The second kappa shape index (κ2) is 16.6. The molecule has 0 saturated heterocycles.